The van der Waals surface area contributed by atoms with Gasteiger partial charge < -0.3 is 20.4 Å². The monoisotopic (exact) mass is 482 g/mol. The van der Waals surface area contributed by atoms with Crippen molar-refractivity contribution in [1.82, 2.24) is 24.6 Å². The number of benzene rings is 1. The van der Waals surface area contributed by atoms with Crippen LogP contribution in [0.4, 0.5) is 30.9 Å². The standard InChI is InChI=1S/C23H24F2N8O2/c1-13-6-15(7-17(24)21(13)25)30-23(35)31-12-19-18(9-28-33(19)10-14(31)2)32-11-16(8-20(32)34)29-22-26-4-3-5-27-22/h3-7,9,14,16H,8,10-12H2,1-2H3,(H,30,35)(H,26,27,29)/t14-,16?/m0/s1. The summed E-state index contributed by atoms with van der Waals surface area (Å²) in [5.74, 6) is -1.58. The molecular formula is C23H24F2N8O2. The van der Waals surface area contributed by atoms with Crippen LogP contribution in [0.25, 0.3) is 0 Å². The quantitative estimate of drug-likeness (QED) is 0.592. The summed E-state index contributed by atoms with van der Waals surface area (Å²) in [4.78, 5) is 37.4. The van der Waals surface area contributed by atoms with Crippen LogP contribution in [0.15, 0.2) is 36.8 Å². The van der Waals surface area contributed by atoms with Crippen LogP contribution in [0.5, 0.6) is 0 Å². The fraction of sp³-hybridized carbons (Fsp3) is 0.348. The summed E-state index contributed by atoms with van der Waals surface area (Å²) in [6.45, 7) is 4.35. The number of nitrogens with one attached hydrogen (secondary N) is 2. The average Bonchev–Trinajstić information content (AvgIpc) is 3.39. The van der Waals surface area contributed by atoms with Crippen LogP contribution in [0.1, 0.15) is 24.6 Å². The van der Waals surface area contributed by atoms with Crippen molar-refractivity contribution in [2.75, 3.05) is 22.1 Å². The molecule has 0 aliphatic carbocycles. The molecule has 2 aliphatic rings. The first-order chi connectivity index (χ1) is 16.8. The van der Waals surface area contributed by atoms with Gasteiger partial charge in [-0.2, -0.15) is 5.10 Å². The molecule has 0 saturated carbocycles. The van der Waals surface area contributed by atoms with E-state index in [1.165, 1.54) is 13.0 Å². The van der Waals surface area contributed by atoms with Crippen molar-refractivity contribution >= 4 is 29.3 Å². The number of aromatic nitrogens is 4. The third-order valence-electron chi connectivity index (χ3n) is 6.25. The summed E-state index contributed by atoms with van der Waals surface area (Å²) >= 11 is 0. The number of carbonyl (C=O) groups is 2. The zero-order valence-corrected chi connectivity index (χ0v) is 19.2. The van der Waals surface area contributed by atoms with Gasteiger partial charge in [0.05, 0.1) is 42.8 Å². The summed E-state index contributed by atoms with van der Waals surface area (Å²) in [6.07, 6.45) is 5.17. The van der Waals surface area contributed by atoms with Gasteiger partial charge in [0, 0.05) is 37.1 Å². The summed E-state index contributed by atoms with van der Waals surface area (Å²) in [5, 5.41) is 10.3. The first-order valence-electron chi connectivity index (χ1n) is 11.2. The van der Waals surface area contributed by atoms with Crippen LogP contribution in [-0.2, 0) is 17.9 Å². The van der Waals surface area contributed by atoms with E-state index in [4.69, 9.17) is 0 Å². The number of amides is 3. The largest absolute Gasteiger partial charge is 0.349 e. The molecule has 2 aromatic heterocycles. The van der Waals surface area contributed by atoms with Crippen molar-refractivity contribution in [3.63, 3.8) is 0 Å². The minimum absolute atomic E-state index is 0.0684. The Bertz CT molecular complexity index is 1260. The van der Waals surface area contributed by atoms with Gasteiger partial charge in [-0.05, 0) is 31.5 Å². The van der Waals surface area contributed by atoms with Gasteiger partial charge in [0.2, 0.25) is 11.9 Å². The number of urea groups is 1. The Hall–Kier alpha value is -4.09. The van der Waals surface area contributed by atoms with E-state index in [-0.39, 0.29) is 42.2 Å². The molecule has 1 saturated heterocycles. The van der Waals surface area contributed by atoms with Gasteiger partial charge in [-0.25, -0.2) is 23.5 Å². The molecule has 5 rings (SSSR count). The number of hydrogen-bond acceptors (Lipinski definition) is 6. The van der Waals surface area contributed by atoms with Crippen LogP contribution < -0.4 is 15.5 Å². The SMILES string of the molecule is Cc1cc(NC(=O)N2Cc3c(N4CC(Nc5ncccn5)CC4=O)cnn3C[C@@H]2C)cc(F)c1F. The normalized spacial score (nSPS) is 19.6. The van der Waals surface area contributed by atoms with Crippen molar-refractivity contribution in [2.45, 2.75) is 45.4 Å². The zero-order valence-electron chi connectivity index (χ0n) is 19.2. The molecule has 1 aromatic carbocycles. The highest BCUT2D eigenvalue weighted by Gasteiger charge is 2.36. The van der Waals surface area contributed by atoms with Crippen LogP contribution in [0.3, 0.4) is 0 Å². The first kappa shape index (κ1) is 22.7. The fourth-order valence-electron chi connectivity index (χ4n) is 4.47. The summed E-state index contributed by atoms with van der Waals surface area (Å²) < 4.78 is 29.2. The highest BCUT2D eigenvalue weighted by Crippen LogP contribution is 2.31. The summed E-state index contributed by atoms with van der Waals surface area (Å²) in [7, 11) is 0. The van der Waals surface area contributed by atoms with E-state index in [1.54, 1.807) is 39.1 Å². The topological polar surface area (TPSA) is 108 Å². The van der Waals surface area contributed by atoms with Gasteiger partial charge in [-0.3, -0.25) is 9.48 Å². The number of halogens is 2. The predicted octanol–water partition coefficient (Wildman–Crippen LogP) is 2.91. The lowest BCUT2D eigenvalue weighted by Gasteiger charge is -2.35. The molecule has 2 N–H and O–H groups in total. The van der Waals surface area contributed by atoms with E-state index < -0.39 is 17.7 Å². The molecule has 182 valence electrons. The number of fused-ring (bicyclic) bond motifs is 1. The molecule has 35 heavy (non-hydrogen) atoms. The third-order valence-corrected chi connectivity index (χ3v) is 6.25. The molecule has 1 fully saturated rings. The van der Waals surface area contributed by atoms with Gasteiger partial charge >= 0.3 is 6.03 Å². The minimum Gasteiger partial charge on any atom is -0.349 e. The molecule has 1 unspecified atom stereocenters. The minimum atomic E-state index is -1.02. The number of hydrogen-bond donors (Lipinski definition) is 2. The molecule has 3 amide bonds. The molecular weight excluding hydrogens is 458 g/mol. The number of rotatable bonds is 4. The Morgan fingerprint density at radius 1 is 1.17 bits per heavy atom. The van der Waals surface area contributed by atoms with Crippen LogP contribution in [0, 0.1) is 18.6 Å². The lowest BCUT2D eigenvalue weighted by molar-refractivity contribution is -0.117. The lowest BCUT2D eigenvalue weighted by atomic mass is 10.1. The maximum absolute atomic E-state index is 13.8. The first-order valence-corrected chi connectivity index (χ1v) is 11.2. The molecule has 12 heteroatoms. The van der Waals surface area contributed by atoms with Crippen LogP contribution in [0.2, 0.25) is 0 Å². The van der Waals surface area contributed by atoms with E-state index in [1.807, 2.05) is 6.92 Å². The smallest absolute Gasteiger partial charge is 0.322 e. The van der Waals surface area contributed by atoms with Crippen LogP contribution in [-0.4, -0.2) is 55.2 Å². The van der Waals surface area contributed by atoms with Gasteiger partial charge in [0.15, 0.2) is 11.6 Å². The van der Waals surface area contributed by atoms with Crippen LogP contribution >= 0.6 is 0 Å². The molecule has 4 heterocycles. The molecule has 0 radical (unpaired) electrons. The molecule has 2 atom stereocenters. The third kappa shape index (κ3) is 4.38. The van der Waals surface area contributed by atoms with E-state index in [2.05, 4.69) is 25.7 Å². The van der Waals surface area contributed by atoms with E-state index in [0.717, 1.165) is 11.8 Å². The fourth-order valence-corrected chi connectivity index (χ4v) is 4.47. The van der Waals surface area contributed by atoms with E-state index in [9.17, 15) is 18.4 Å². The highest BCUT2D eigenvalue weighted by molar-refractivity contribution is 5.97. The zero-order chi connectivity index (χ0) is 24.7. The average molecular weight is 482 g/mol. The van der Waals surface area contributed by atoms with Gasteiger partial charge in [0.1, 0.15) is 0 Å². The maximum Gasteiger partial charge on any atom is 0.322 e. The second-order valence-corrected chi connectivity index (χ2v) is 8.78. The second kappa shape index (κ2) is 8.93. The number of nitrogens with zero attached hydrogens (tertiary/aromatic N) is 6. The lowest BCUT2D eigenvalue weighted by Crippen LogP contribution is -2.47. The van der Waals surface area contributed by atoms with E-state index in [0.29, 0.717) is 24.7 Å². The number of anilines is 3. The molecule has 0 spiro atoms. The highest BCUT2D eigenvalue weighted by atomic mass is 19.2. The number of carbonyl (C=O) groups excluding carboxylic acids is 2. The van der Waals surface area contributed by atoms with Crippen molar-refractivity contribution in [3.05, 3.63) is 59.7 Å². The molecule has 10 nitrogen and oxygen atoms in total. The Labute approximate surface area is 200 Å². The predicted molar refractivity (Wildman–Crippen MR) is 124 cm³/mol. The number of aryl methyl sites for hydroxylation is 1. The van der Waals surface area contributed by atoms with E-state index >= 15 is 0 Å². The Balaban J connectivity index is 1.32. The molecule has 0 bridgehead atoms. The Kier molecular flexibility index (Phi) is 5.79. The Morgan fingerprint density at radius 2 is 1.94 bits per heavy atom. The van der Waals surface area contributed by atoms with Crippen molar-refractivity contribution in [1.29, 1.82) is 0 Å². The maximum atomic E-state index is 13.8. The van der Waals surface area contributed by atoms with Crippen molar-refractivity contribution in [3.8, 4) is 0 Å². The Morgan fingerprint density at radius 3 is 2.69 bits per heavy atom. The summed E-state index contributed by atoms with van der Waals surface area (Å²) in [5.41, 5.74) is 1.64. The van der Waals surface area contributed by atoms with Gasteiger partial charge in [0.25, 0.3) is 0 Å². The van der Waals surface area contributed by atoms with Gasteiger partial charge in [-0.1, -0.05) is 0 Å². The van der Waals surface area contributed by atoms with Crippen molar-refractivity contribution in [2.24, 2.45) is 0 Å². The molecule has 3 aromatic rings. The van der Waals surface area contributed by atoms with Crippen molar-refractivity contribution < 1.29 is 18.4 Å². The molecule has 2 aliphatic heterocycles. The second-order valence-electron chi connectivity index (χ2n) is 8.78. The summed E-state index contributed by atoms with van der Waals surface area (Å²) in [6, 6.07) is 3.23. The van der Waals surface area contributed by atoms with Gasteiger partial charge in [-0.15, -0.1) is 0 Å².